The van der Waals surface area contributed by atoms with Gasteiger partial charge in [0.1, 0.15) is 19.6 Å². The second kappa shape index (κ2) is 6.46. The number of methoxy groups -OCH3 is 1. The summed E-state index contributed by atoms with van der Waals surface area (Å²) in [5, 5.41) is -0.226. The zero-order chi connectivity index (χ0) is 17.3. The number of alkyl halides is 1. The third kappa shape index (κ3) is 4.00. The first-order valence-electron chi connectivity index (χ1n) is 6.66. The molecule has 0 bridgehead atoms. The van der Waals surface area contributed by atoms with E-state index in [-0.39, 0.29) is 26.8 Å². The minimum Gasteiger partial charge on any atom is -0.465 e. The molecule has 1 aromatic rings. The van der Waals surface area contributed by atoms with Crippen molar-refractivity contribution in [2.75, 3.05) is 7.11 Å². The first-order chi connectivity index (χ1) is 9.85. The Hall–Kier alpha value is -0.643. The fraction of sp³-hybridized carbons (Fsp3) is 0.615. The first kappa shape index (κ1) is 19.4. The highest BCUT2D eigenvalue weighted by Gasteiger charge is 2.40. The standard InChI is InChI=1S/C13H22BrNO5SSi/c1-13(2,3)22(5,6)15-21(17,18)11-7-9(12(16)19-4)10(8-14)20-11/h7,15H,8H2,1-6H3. The van der Waals surface area contributed by atoms with Crippen molar-refractivity contribution in [1.29, 1.82) is 0 Å². The normalized spacial score (nSPS) is 13.2. The Labute approximate surface area is 140 Å². The fourth-order valence-corrected chi connectivity index (χ4v) is 6.67. The number of carbonyl (C=O) groups is 1. The van der Waals surface area contributed by atoms with Crippen molar-refractivity contribution in [2.45, 2.75) is 49.3 Å². The maximum atomic E-state index is 12.5. The van der Waals surface area contributed by atoms with Gasteiger partial charge in [0.05, 0.1) is 12.4 Å². The molecule has 0 unspecified atom stereocenters. The average molecular weight is 412 g/mol. The van der Waals surface area contributed by atoms with Gasteiger partial charge < -0.3 is 9.15 Å². The summed E-state index contributed by atoms with van der Waals surface area (Å²) in [5.74, 6) is -0.408. The number of halogens is 1. The molecule has 0 spiro atoms. The fourth-order valence-electron chi connectivity index (χ4n) is 1.46. The van der Waals surface area contributed by atoms with Crippen molar-refractivity contribution in [3.05, 3.63) is 17.4 Å². The number of sulfonamides is 1. The van der Waals surface area contributed by atoms with Crippen LogP contribution in [0.1, 0.15) is 36.9 Å². The average Bonchev–Trinajstić information content (AvgIpc) is 2.80. The number of rotatable bonds is 5. The maximum absolute atomic E-state index is 12.5. The van der Waals surface area contributed by atoms with Crippen molar-refractivity contribution in [3.63, 3.8) is 0 Å². The van der Waals surface area contributed by atoms with Crippen molar-refractivity contribution in [2.24, 2.45) is 0 Å². The molecule has 0 radical (unpaired) electrons. The largest absolute Gasteiger partial charge is 0.465 e. The number of carbonyl (C=O) groups excluding carboxylic acids is 1. The second-order valence-electron chi connectivity index (χ2n) is 6.51. The molecule has 0 fully saturated rings. The lowest BCUT2D eigenvalue weighted by Crippen LogP contribution is -2.54. The summed E-state index contributed by atoms with van der Waals surface area (Å²) < 4.78 is 37.8. The van der Waals surface area contributed by atoms with Crippen molar-refractivity contribution in [3.8, 4) is 0 Å². The van der Waals surface area contributed by atoms with Crippen LogP contribution in [0.5, 0.6) is 0 Å². The van der Waals surface area contributed by atoms with Gasteiger partial charge in [0.25, 0.3) is 10.0 Å². The van der Waals surface area contributed by atoms with Gasteiger partial charge in [-0.3, -0.25) is 0 Å². The molecule has 22 heavy (non-hydrogen) atoms. The molecule has 0 amide bonds. The molecule has 126 valence electrons. The molecule has 6 nitrogen and oxygen atoms in total. The summed E-state index contributed by atoms with van der Waals surface area (Å²) in [6.45, 7) is 9.84. The molecule has 0 saturated carbocycles. The molecule has 0 aromatic carbocycles. The van der Waals surface area contributed by atoms with Crippen LogP contribution in [0.2, 0.25) is 18.1 Å². The molecule has 0 saturated heterocycles. The van der Waals surface area contributed by atoms with E-state index in [2.05, 4.69) is 25.1 Å². The van der Waals surface area contributed by atoms with E-state index in [1.165, 1.54) is 13.2 Å². The van der Waals surface area contributed by atoms with Crippen LogP contribution < -0.4 is 4.39 Å². The van der Waals surface area contributed by atoms with Crippen LogP contribution in [0.4, 0.5) is 0 Å². The lowest BCUT2D eigenvalue weighted by atomic mass is 10.2. The van der Waals surface area contributed by atoms with E-state index in [1.807, 2.05) is 33.9 Å². The highest BCUT2D eigenvalue weighted by Crippen LogP contribution is 2.35. The predicted octanol–water partition coefficient (Wildman–Crippen LogP) is 3.24. The van der Waals surface area contributed by atoms with Gasteiger partial charge in [-0.05, 0) is 5.04 Å². The zero-order valence-electron chi connectivity index (χ0n) is 13.6. The topological polar surface area (TPSA) is 85.6 Å². The SMILES string of the molecule is COC(=O)c1cc(S(=O)(=O)N[Si](C)(C)C(C)(C)C)oc1CBr. The van der Waals surface area contributed by atoms with Crippen LogP contribution in [0.25, 0.3) is 0 Å². The molecule has 0 aliphatic rings. The van der Waals surface area contributed by atoms with E-state index in [0.29, 0.717) is 0 Å². The zero-order valence-corrected chi connectivity index (χ0v) is 17.0. The summed E-state index contributed by atoms with van der Waals surface area (Å²) in [5.41, 5.74) is 0.106. The van der Waals surface area contributed by atoms with Crippen LogP contribution in [0.15, 0.2) is 15.6 Å². The minimum absolute atomic E-state index is 0.106. The molecular weight excluding hydrogens is 390 g/mol. The third-order valence-corrected chi connectivity index (χ3v) is 11.9. The number of hydrogen-bond donors (Lipinski definition) is 1. The van der Waals surface area contributed by atoms with E-state index < -0.39 is 24.2 Å². The van der Waals surface area contributed by atoms with Gasteiger partial charge in [-0.1, -0.05) is 49.8 Å². The van der Waals surface area contributed by atoms with Crippen molar-refractivity contribution >= 4 is 40.2 Å². The van der Waals surface area contributed by atoms with Crippen LogP contribution in [-0.4, -0.2) is 29.7 Å². The number of hydrogen-bond acceptors (Lipinski definition) is 5. The maximum Gasteiger partial charge on any atom is 0.341 e. The Morgan fingerprint density at radius 1 is 1.41 bits per heavy atom. The summed E-state index contributed by atoms with van der Waals surface area (Å²) >= 11 is 3.17. The van der Waals surface area contributed by atoms with Gasteiger partial charge in [0.15, 0.2) is 0 Å². The third-order valence-electron chi connectivity index (χ3n) is 3.84. The lowest BCUT2D eigenvalue weighted by molar-refractivity contribution is 0.0598. The summed E-state index contributed by atoms with van der Waals surface area (Å²) in [6.07, 6.45) is 0. The van der Waals surface area contributed by atoms with E-state index >= 15 is 0 Å². The van der Waals surface area contributed by atoms with Gasteiger partial charge >= 0.3 is 5.97 Å². The number of esters is 1. The summed E-state index contributed by atoms with van der Waals surface area (Å²) in [7, 11) is -4.91. The molecular formula is C13H22BrNO5SSi. The predicted molar refractivity (Wildman–Crippen MR) is 90.2 cm³/mol. The van der Waals surface area contributed by atoms with Gasteiger partial charge in [0, 0.05) is 6.07 Å². The second-order valence-corrected chi connectivity index (χ2v) is 14.0. The molecule has 0 atom stereocenters. The van der Waals surface area contributed by atoms with Crippen LogP contribution in [0, 0.1) is 0 Å². The van der Waals surface area contributed by atoms with Gasteiger partial charge in [0.2, 0.25) is 5.09 Å². The van der Waals surface area contributed by atoms with Gasteiger partial charge in [-0.2, -0.15) is 0 Å². The Balaban J connectivity index is 3.25. The highest BCUT2D eigenvalue weighted by molar-refractivity contribution is 9.08. The molecule has 1 heterocycles. The van der Waals surface area contributed by atoms with Crippen molar-refractivity contribution < 1.29 is 22.4 Å². The number of nitrogens with one attached hydrogen (secondary N) is 1. The summed E-state index contributed by atoms with van der Waals surface area (Å²) in [6, 6.07) is 1.21. The highest BCUT2D eigenvalue weighted by atomic mass is 79.9. The Kier molecular flexibility index (Phi) is 5.70. The molecule has 0 aliphatic carbocycles. The smallest absolute Gasteiger partial charge is 0.341 e. The van der Waals surface area contributed by atoms with Gasteiger partial charge in [-0.25, -0.2) is 17.6 Å². The first-order valence-corrected chi connectivity index (χ1v) is 12.3. The van der Waals surface area contributed by atoms with E-state index in [4.69, 9.17) is 4.42 Å². The molecule has 1 N–H and O–H groups in total. The number of ether oxygens (including phenoxy) is 1. The Bertz CT molecular complexity index is 660. The van der Waals surface area contributed by atoms with E-state index in [9.17, 15) is 13.2 Å². The van der Waals surface area contributed by atoms with Crippen LogP contribution in [0.3, 0.4) is 0 Å². The molecule has 1 rings (SSSR count). The summed E-state index contributed by atoms with van der Waals surface area (Å²) in [4.78, 5) is 11.7. The number of furan rings is 1. The minimum atomic E-state index is -3.84. The van der Waals surface area contributed by atoms with Crippen LogP contribution >= 0.6 is 15.9 Å². The molecule has 1 aromatic heterocycles. The molecule has 0 aliphatic heterocycles. The van der Waals surface area contributed by atoms with Crippen LogP contribution in [-0.2, 0) is 20.1 Å². The van der Waals surface area contributed by atoms with E-state index in [0.717, 1.165) is 0 Å². The van der Waals surface area contributed by atoms with Crippen molar-refractivity contribution in [1.82, 2.24) is 4.39 Å². The van der Waals surface area contributed by atoms with E-state index in [1.54, 1.807) is 0 Å². The Morgan fingerprint density at radius 2 is 1.95 bits per heavy atom. The van der Waals surface area contributed by atoms with Gasteiger partial charge in [-0.15, -0.1) is 0 Å². The quantitative estimate of drug-likeness (QED) is 0.456. The lowest BCUT2D eigenvalue weighted by Gasteiger charge is -2.36. The molecule has 9 heteroatoms. The monoisotopic (exact) mass is 411 g/mol. The Morgan fingerprint density at radius 3 is 2.36 bits per heavy atom.